The number of benzene rings is 1. The fourth-order valence-corrected chi connectivity index (χ4v) is 3.55. The molecular formula is C11H13BrClNS. The Morgan fingerprint density at radius 2 is 2.33 bits per heavy atom. The number of hydrogen-bond acceptors (Lipinski definition) is 2. The minimum Gasteiger partial charge on any atom is -0.381 e. The average Bonchev–Trinajstić information content (AvgIpc) is 2.24. The van der Waals surface area contributed by atoms with Crippen molar-refractivity contribution in [3.63, 3.8) is 0 Å². The van der Waals surface area contributed by atoms with Crippen LogP contribution in [0.25, 0.3) is 0 Å². The Labute approximate surface area is 108 Å². The van der Waals surface area contributed by atoms with Crippen LogP contribution in [-0.4, -0.2) is 17.5 Å². The van der Waals surface area contributed by atoms with E-state index in [1.807, 2.05) is 30.0 Å². The van der Waals surface area contributed by atoms with Gasteiger partial charge in [-0.25, -0.2) is 0 Å². The Bertz CT molecular complexity index is 339. The Kier molecular flexibility index (Phi) is 4.23. The maximum absolute atomic E-state index is 5.90. The smallest absolute Gasteiger partial charge is 0.0488 e. The lowest BCUT2D eigenvalue weighted by Crippen LogP contribution is -2.25. The van der Waals surface area contributed by atoms with E-state index in [1.165, 1.54) is 24.3 Å². The lowest BCUT2D eigenvalue weighted by molar-refractivity contribution is 0.685. The van der Waals surface area contributed by atoms with Gasteiger partial charge in [-0.2, -0.15) is 11.8 Å². The number of anilines is 1. The zero-order valence-corrected chi connectivity index (χ0v) is 11.5. The molecule has 1 nitrogen and oxygen atoms in total. The molecule has 0 aromatic heterocycles. The molecule has 1 aliphatic heterocycles. The maximum atomic E-state index is 5.90. The van der Waals surface area contributed by atoms with Gasteiger partial charge in [-0.1, -0.05) is 11.6 Å². The number of rotatable bonds is 2. The predicted molar refractivity (Wildman–Crippen MR) is 73.1 cm³/mol. The third kappa shape index (κ3) is 3.30. The molecule has 1 unspecified atom stereocenters. The number of nitrogens with one attached hydrogen (secondary N) is 1. The van der Waals surface area contributed by atoms with Crippen molar-refractivity contribution in [2.75, 3.05) is 16.8 Å². The Morgan fingerprint density at radius 3 is 3.00 bits per heavy atom. The molecule has 1 N–H and O–H groups in total. The highest BCUT2D eigenvalue weighted by atomic mass is 79.9. The summed E-state index contributed by atoms with van der Waals surface area (Å²) in [6.45, 7) is 0. The Morgan fingerprint density at radius 1 is 1.47 bits per heavy atom. The summed E-state index contributed by atoms with van der Waals surface area (Å²) < 4.78 is 1.05. The molecule has 0 radical (unpaired) electrons. The number of thioether (sulfide) groups is 1. The van der Waals surface area contributed by atoms with Crippen molar-refractivity contribution in [3.05, 3.63) is 27.7 Å². The van der Waals surface area contributed by atoms with Crippen molar-refractivity contribution in [2.45, 2.75) is 18.9 Å². The zero-order valence-electron chi connectivity index (χ0n) is 8.30. The van der Waals surface area contributed by atoms with Crippen molar-refractivity contribution in [2.24, 2.45) is 0 Å². The van der Waals surface area contributed by atoms with E-state index in [9.17, 15) is 0 Å². The predicted octanol–water partition coefficient (Wildman–Crippen LogP) is 4.41. The third-order valence-electron chi connectivity index (χ3n) is 2.45. The molecule has 2 rings (SSSR count). The van der Waals surface area contributed by atoms with E-state index >= 15 is 0 Å². The highest BCUT2D eigenvalue weighted by molar-refractivity contribution is 9.10. The second-order valence-corrected chi connectivity index (χ2v) is 6.12. The van der Waals surface area contributed by atoms with Gasteiger partial charge >= 0.3 is 0 Å². The van der Waals surface area contributed by atoms with E-state index in [4.69, 9.17) is 11.6 Å². The second-order valence-electron chi connectivity index (χ2n) is 3.68. The van der Waals surface area contributed by atoms with E-state index in [-0.39, 0.29) is 0 Å². The molecule has 15 heavy (non-hydrogen) atoms. The quantitative estimate of drug-likeness (QED) is 0.868. The summed E-state index contributed by atoms with van der Waals surface area (Å²) in [5, 5.41) is 4.32. The second kappa shape index (κ2) is 5.46. The summed E-state index contributed by atoms with van der Waals surface area (Å²) in [6, 6.07) is 6.48. The van der Waals surface area contributed by atoms with Gasteiger partial charge in [0.05, 0.1) is 0 Å². The van der Waals surface area contributed by atoms with Crippen LogP contribution >= 0.6 is 39.3 Å². The zero-order chi connectivity index (χ0) is 10.7. The van der Waals surface area contributed by atoms with Crippen LogP contribution in [0.5, 0.6) is 0 Å². The van der Waals surface area contributed by atoms with Crippen LogP contribution in [0.15, 0.2) is 22.7 Å². The topological polar surface area (TPSA) is 12.0 Å². The molecule has 0 amide bonds. The molecule has 0 saturated carbocycles. The standard InChI is InChI=1S/C11H13BrClNS/c12-10-6-8(13)3-4-11(10)14-9-2-1-5-15-7-9/h3-4,6,9,14H,1-2,5,7H2. The molecule has 4 heteroatoms. The highest BCUT2D eigenvalue weighted by Crippen LogP contribution is 2.28. The highest BCUT2D eigenvalue weighted by Gasteiger charge is 2.14. The van der Waals surface area contributed by atoms with E-state index < -0.39 is 0 Å². The normalized spacial score (nSPS) is 21.3. The lowest BCUT2D eigenvalue weighted by Gasteiger charge is -2.24. The van der Waals surface area contributed by atoms with Crippen molar-refractivity contribution in [1.82, 2.24) is 0 Å². The summed E-state index contributed by atoms with van der Waals surface area (Å²) in [6.07, 6.45) is 2.58. The molecule has 1 fully saturated rings. The van der Waals surface area contributed by atoms with Crippen LogP contribution in [0.3, 0.4) is 0 Å². The van der Waals surface area contributed by atoms with Gasteiger partial charge in [-0.05, 0) is 52.7 Å². The molecular weight excluding hydrogens is 294 g/mol. The molecule has 1 aromatic carbocycles. The molecule has 1 atom stereocenters. The van der Waals surface area contributed by atoms with Crippen molar-refractivity contribution >= 4 is 45.0 Å². The number of halogens is 2. The monoisotopic (exact) mass is 305 g/mol. The van der Waals surface area contributed by atoms with Gasteiger partial charge in [0.25, 0.3) is 0 Å². The van der Waals surface area contributed by atoms with Gasteiger partial charge in [0, 0.05) is 27.0 Å². The molecule has 1 aliphatic rings. The first-order valence-electron chi connectivity index (χ1n) is 5.05. The maximum Gasteiger partial charge on any atom is 0.0488 e. The Balaban J connectivity index is 2.03. The molecule has 0 aliphatic carbocycles. The molecule has 1 aromatic rings. The summed E-state index contributed by atoms with van der Waals surface area (Å²) in [5.74, 6) is 2.51. The first kappa shape index (κ1) is 11.6. The summed E-state index contributed by atoms with van der Waals surface area (Å²) in [4.78, 5) is 0. The fourth-order valence-electron chi connectivity index (χ4n) is 1.68. The fraction of sp³-hybridized carbons (Fsp3) is 0.455. The van der Waals surface area contributed by atoms with Crippen LogP contribution in [-0.2, 0) is 0 Å². The van der Waals surface area contributed by atoms with Crippen LogP contribution < -0.4 is 5.32 Å². The SMILES string of the molecule is Clc1ccc(NC2CCCSC2)c(Br)c1. The van der Waals surface area contributed by atoms with Crippen LogP contribution in [0.4, 0.5) is 5.69 Å². The van der Waals surface area contributed by atoms with Gasteiger partial charge in [0.2, 0.25) is 0 Å². The minimum atomic E-state index is 0.598. The van der Waals surface area contributed by atoms with Gasteiger partial charge < -0.3 is 5.32 Å². The van der Waals surface area contributed by atoms with Gasteiger partial charge in [-0.15, -0.1) is 0 Å². The minimum absolute atomic E-state index is 0.598. The first-order chi connectivity index (χ1) is 7.25. The molecule has 0 bridgehead atoms. The largest absolute Gasteiger partial charge is 0.381 e. The van der Waals surface area contributed by atoms with Crippen LogP contribution in [0, 0.1) is 0 Å². The lowest BCUT2D eigenvalue weighted by atomic mass is 10.2. The van der Waals surface area contributed by atoms with E-state index in [0.29, 0.717) is 6.04 Å². The van der Waals surface area contributed by atoms with Crippen LogP contribution in [0.1, 0.15) is 12.8 Å². The van der Waals surface area contributed by atoms with Crippen molar-refractivity contribution in [1.29, 1.82) is 0 Å². The van der Waals surface area contributed by atoms with Gasteiger partial charge in [-0.3, -0.25) is 0 Å². The Hall–Kier alpha value is 0.140. The third-order valence-corrected chi connectivity index (χ3v) is 4.56. The molecule has 0 spiro atoms. The van der Waals surface area contributed by atoms with Crippen LogP contribution in [0.2, 0.25) is 5.02 Å². The summed E-state index contributed by atoms with van der Waals surface area (Å²) in [7, 11) is 0. The summed E-state index contributed by atoms with van der Waals surface area (Å²) >= 11 is 11.4. The van der Waals surface area contributed by atoms with E-state index in [0.717, 1.165) is 15.2 Å². The summed E-state index contributed by atoms with van der Waals surface area (Å²) in [5.41, 5.74) is 1.15. The number of hydrogen-bond donors (Lipinski definition) is 1. The molecule has 1 saturated heterocycles. The first-order valence-corrected chi connectivity index (χ1v) is 7.37. The average molecular weight is 307 g/mol. The van der Waals surface area contributed by atoms with Crippen molar-refractivity contribution in [3.8, 4) is 0 Å². The van der Waals surface area contributed by atoms with Gasteiger partial charge in [0.1, 0.15) is 0 Å². The van der Waals surface area contributed by atoms with E-state index in [2.05, 4.69) is 21.2 Å². The molecule has 1 heterocycles. The van der Waals surface area contributed by atoms with Gasteiger partial charge in [0.15, 0.2) is 0 Å². The molecule has 82 valence electrons. The van der Waals surface area contributed by atoms with Crippen molar-refractivity contribution < 1.29 is 0 Å². The van der Waals surface area contributed by atoms with E-state index in [1.54, 1.807) is 0 Å².